The average Bonchev–Trinajstić information content (AvgIpc) is 2.46. The van der Waals surface area contributed by atoms with Crippen LogP contribution in [0.2, 0.25) is 10.0 Å². The van der Waals surface area contributed by atoms with E-state index in [0.717, 1.165) is 0 Å². The number of nitrogens with two attached hydrogens (primary N) is 1. The highest BCUT2D eigenvalue weighted by Crippen LogP contribution is 2.27. The number of nitrogens with one attached hydrogen (secondary N) is 2. The zero-order valence-electron chi connectivity index (χ0n) is 12.4. The van der Waals surface area contributed by atoms with Gasteiger partial charge in [0, 0.05) is 12.1 Å². The molecule has 5 nitrogen and oxygen atoms in total. The van der Waals surface area contributed by atoms with Crippen molar-refractivity contribution < 1.29 is 19.3 Å². The molecule has 0 heterocycles. The van der Waals surface area contributed by atoms with Crippen molar-refractivity contribution in [1.82, 2.24) is 10.6 Å². The van der Waals surface area contributed by atoms with E-state index in [9.17, 15) is 14.0 Å². The van der Waals surface area contributed by atoms with Gasteiger partial charge in [-0.25, -0.2) is 4.39 Å². The molecule has 1 aromatic carbocycles. The van der Waals surface area contributed by atoms with Crippen LogP contribution in [0.4, 0.5) is 4.39 Å². The van der Waals surface area contributed by atoms with Crippen molar-refractivity contribution in [3.63, 3.8) is 0 Å². The first-order valence-corrected chi connectivity index (χ1v) is 7.61. The first-order valence-electron chi connectivity index (χ1n) is 6.86. The van der Waals surface area contributed by atoms with Crippen LogP contribution in [0.1, 0.15) is 25.5 Å². The number of hydrogen-bond acceptors (Lipinski definition) is 2. The van der Waals surface area contributed by atoms with E-state index in [4.69, 9.17) is 23.2 Å². The van der Waals surface area contributed by atoms with E-state index in [-0.39, 0.29) is 36.0 Å². The van der Waals surface area contributed by atoms with Gasteiger partial charge < -0.3 is 16.0 Å². The molecule has 4 N–H and O–H groups in total. The number of carbonyl (C=O) groups excluding carboxylic acids is 2. The Kier molecular flexibility index (Phi) is 7.58. The molecule has 0 aliphatic heterocycles. The van der Waals surface area contributed by atoms with Gasteiger partial charge in [-0.3, -0.25) is 9.59 Å². The van der Waals surface area contributed by atoms with Crippen LogP contribution >= 0.6 is 23.2 Å². The van der Waals surface area contributed by atoms with E-state index in [1.165, 1.54) is 12.1 Å². The molecule has 0 saturated heterocycles. The summed E-state index contributed by atoms with van der Waals surface area (Å²) in [5.74, 6) is -1.09. The van der Waals surface area contributed by atoms with Crippen LogP contribution in [0.25, 0.3) is 0 Å². The monoisotopic (exact) mass is 350 g/mol. The Bertz CT molecular complexity index is 555. The van der Waals surface area contributed by atoms with E-state index in [2.05, 4.69) is 10.6 Å². The minimum absolute atomic E-state index is 0.0411. The summed E-state index contributed by atoms with van der Waals surface area (Å²) < 4.78 is 13.5. The van der Waals surface area contributed by atoms with Gasteiger partial charge in [-0.15, -0.1) is 0 Å². The smallest absolute Gasteiger partial charge is 0.275 e. The summed E-state index contributed by atoms with van der Waals surface area (Å²) in [6.45, 7) is 4.14. The third-order valence-electron chi connectivity index (χ3n) is 3.01. The van der Waals surface area contributed by atoms with Gasteiger partial charge in [0.25, 0.3) is 5.91 Å². The van der Waals surface area contributed by atoms with Gasteiger partial charge in [-0.2, -0.15) is 0 Å². The molecule has 1 aromatic rings. The van der Waals surface area contributed by atoms with Crippen LogP contribution in [0.3, 0.4) is 0 Å². The van der Waals surface area contributed by atoms with Crippen molar-refractivity contribution in [2.45, 2.75) is 19.9 Å². The predicted octanol–water partition coefficient (Wildman–Crippen LogP) is 1.01. The zero-order valence-corrected chi connectivity index (χ0v) is 13.9. The first-order chi connectivity index (χ1) is 10.3. The lowest BCUT2D eigenvalue weighted by atomic mass is 10.1. The summed E-state index contributed by atoms with van der Waals surface area (Å²) >= 11 is 11.7. The molecular formula is C14H19Cl2FN3O2+. The fourth-order valence-corrected chi connectivity index (χ4v) is 2.36. The highest BCUT2D eigenvalue weighted by molar-refractivity contribution is 6.35. The maximum atomic E-state index is 13.5. The summed E-state index contributed by atoms with van der Waals surface area (Å²) in [6.07, 6.45) is 0. The number of benzene rings is 1. The fourth-order valence-electron chi connectivity index (χ4n) is 1.81. The number of carbonyl (C=O) groups is 2. The Hall–Kier alpha value is -1.37. The highest BCUT2D eigenvalue weighted by Gasteiger charge is 2.17. The molecule has 8 heteroatoms. The van der Waals surface area contributed by atoms with Crippen molar-refractivity contribution in [1.29, 1.82) is 0 Å². The maximum absolute atomic E-state index is 13.5. The Balaban J connectivity index is 2.49. The van der Waals surface area contributed by atoms with Crippen LogP contribution in [0.5, 0.6) is 0 Å². The molecule has 0 radical (unpaired) electrons. The van der Waals surface area contributed by atoms with E-state index in [1.54, 1.807) is 19.2 Å². The lowest BCUT2D eigenvalue weighted by molar-refractivity contribution is -0.682. The molecule has 1 rings (SSSR count). The van der Waals surface area contributed by atoms with Crippen molar-refractivity contribution in [3.8, 4) is 0 Å². The molecule has 0 fully saturated rings. The fraction of sp³-hybridized carbons (Fsp3) is 0.429. The number of amides is 2. The second kappa shape index (κ2) is 8.92. The Morgan fingerprint density at radius 2 is 1.91 bits per heavy atom. The molecule has 0 unspecified atom stereocenters. The topological polar surface area (TPSA) is 74.8 Å². The van der Waals surface area contributed by atoms with Gasteiger partial charge in [-0.1, -0.05) is 23.2 Å². The number of quaternary nitrogens is 1. The van der Waals surface area contributed by atoms with Crippen molar-refractivity contribution >= 4 is 35.0 Å². The van der Waals surface area contributed by atoms with E-state index >= 15 is 0 Å². The van der Waals surface area contributed by atoms with E-state index in [1.807, 2.05) is 0 Å². The van der Waals surface area contributed by atoms with Crippen LogP contribution in [0.15, 0.2) is 12.1 Å². The number of rotatable bonds is 7. The molecule has 2 amide bonds. The zero-order chi connectivity index (χ0) is 16.7. The minimum Gasteiger partial charge on any atom is -0.355 e. The number of hydrogen-bond donors (Lipinski definition) is 3. The molecule has 0 saturated carbocycles. The van der Waals surface area contributed by atoms with E-state index < -0.39 is 5.82 Å². The molecule has 0 spiro atoms. The van der Waals surface area contributed by atoms with Crippen molar-refractivity contribution in [2.24, 2.45) is 0 Å². The van der Waals surface area contributed by atoms with Gasteiger partial charge in [0.2, 0.25) is 5.91 Å². The third kappa shape index (κ3) is 5.79. The maximum Gasteiger partial charge on any atom is 0.275 e. The summed E-state index contributed by atoms with van der Waals surface area (Å²) in [5, 5.41) is 7.07. The quantitative estimate of drug-likeness (QED) is 0.642. The molecule has 0 aromatic heterocycles. The Morgan fingerprint density at radius 1 is 1.23 bits per heavy atom. The molecule has 0 bridgehead atoms. The van der Waals surface area contributed by atoms with Gasteiger partial charge in [0.1, 0.15) is 11.9 Å². The van der Waals surface area contributed by atoms with Gasteiger partial charge in [0.05, 0.1) is 16.6 Å². The highest BCUT2D eigenvalue weighted by atomic mass is 35.5. The standard InChI is InChI=1S/C14H18Cl2FN3O2/c1-3-18-13(21)7-20-14(22)6-19-8(2)9-4-12(17)11(16)5-10(9)15/h4-5,8,19H,3,6-7H2,1-2H3,(H,18,21)(H,20,22)/p+1/t8-/m1/s1. The van der Waals surface area contributed by atoms with Crippen LogP contribution < -0.4 is 16.0 Å². The average molecular weight is 351 g/mol. The van der Waals surface area contributed by atoms with E-state index in [0.29, 0.717) is 17.1 Å². The summed E-state index contributed by atoms with van der Waals surface area (Å²) in [7, 11) is 0. The van der Waals surface area contributed by atoms with Crippen molar-refractivity contribution in [2.75, 3.05) is 19.6 Å². The van der Waals surface area contributed by atoms with Crippen molar-refractivity contribution in [3.05, 3.63) is 33.6 Å². The molecular weight excluding hydrogens is 332 g/mol. The summed E-state index contributed by atoms with van der Waals surface area (Å²) in [4.78, 5) is 22.9. The third-order valence-corrected chi connectivity index (χ3v) is 3.62. The summed E-state index contributed by atoms with van der Waals surface area (Å²) in [6, 6.07) is 2.38. The van der Waals surface area contributed by atoms with Crippen LogP contribution in [-0.4, -0.2) is 31.4 Å². The lowest BCUT2D eigenvalue weighted by Crippen LogP contribution is -2.87. The molecule has 1 atom stereocenters. The largest absolute Gasteiger partial charge is 0.355 e. The second-order valence-electron chi connectivity index (χ2n) is 4.75. The molecule has 122 valence electrons. The normalized spacial score (nSPS) is 11.9. The number of likely N-dealkylation sites (N-methyl/N-ethyl adjacent to an activating group) is 1. The first kappa shape index (κ1) is 18.7. The van der Waals surface area contributed by atoms with Gasteiger partial charge in [0.15, 0.2) is 6.54 Å². The molecule has 22 heavy (non-hydrogen) atoms. The second-order valence-corrected chi connectivity index (χ2v) is 5.56. The van der Waals surface area contributed by atoms with Crippen LogP contribution in [-0.2, 0) is 9.59 Å². The number of halogens is 3. The Labute approximate surface area is 138 Å². The Morgan fingerprint density at radius 3 is 2.55 bits per heavy atom. The van der Waals surface area contributed by atoms with Crippen LogP contribution in [0, 0.1) is 5.82 Å². The molecule has 0 aliphatic rings. The SMILES string of the molecule is CCNC(=O)CNC(=O)C[NH2+][C@H](C)c1cc(F)c(Cl)cc1Cl. The van der Waals surface area contributed by atoms with Gasteiger partial charge in [-0.05, 0) is 26.0 Å². The minimum atomic E-state index is -0.554. The predicted molar refractivity (Wildman–Crippen MR) is 83.3 cm³/mol. The van der Waals surface area contributed by atoms with Gasteiger partial charge >= 0.3 is 0 Å². The molecule has 0 aliphatic carbocycles. The summed E-state index contributed by atoms with van der Waals surface area (Å²) in [5.41, 5.74) is 0.556. The lowest BCUT2D eigenvalue weighted by Gasteiger charge is -2.13.